The second kappa shape index (κ2) is 8.22. The minimum absolute atomic E-state index is 0.0760. The number of ether oxygens (including phenoxy) is 2. The third kappa shape index (κ3) is 4.16. The van der Waals surface area contributed by atoms with Gasteiger partial charge < -0.3 is 20.1 Å². The highest BCUT2D eigenvalue weighted by atomic mass is 16.5. The number of aromatic nitrogens is 1. The van der Waals surface area contributed by atoms with E-state index >= 15 is 0 Å². The van der Waals surface area contributed by atoms with Crippen LogP contribution in [0.4, 0.5) is 11.4 Å². The van der Waals surface area contributed by atoms with E-state index in [2.05, 4.69) is 4.98 Å². The summed E-state index contributed by atoms with van der Waals surface area (Å²) in [6.45, 7) is 0.952. The number of pyridine rings is 1. The minimum atomic E-state index is 0.0760. The molecule has 6 nitrogen and oxygen atoms in total. The highest BCUT2D eigenvalue weighted by molar-refractivity contribution is 5.96. The minimum Gasteiger partial charge on any atom is -0.493 e. The second-order valence-electron chi connectivity index (χ2n) is 7.02. The van der Waals surface area contributed by atoms with Gasteiger partial charge in [-0.05, 0) is 48.0 Å². The van der Waals surface area contributed by atoms with E-state index in [1.807, 2.05) is 60.7 Å². The summed E-state index contributed by atoms with van der Waals surface area (Å²) in [5.41, 5.74) is 9.23. The zero-order valence-corrected chi connectivity index (χ0v) is 16.2. The molecule has 2 N–H and O–H groups in total. The number of benzene rings is 2. The lowest BCUT2D eigenvalue weighted by molar-refractivity contribution is -0.117. The van der Waals surface area contributed by atoms with Gasteiger partial charge in [0.1, 0.15) is 6.61 Å². The molecule has 148 valence electrons. The fourth-order valence-corrected chi connectivity index (χ4v) is 3.57. The zero-order chi connectivity index (χ0) is 20.2. The van der Waals surface area contributed by atoms with Crippen molar-refractivity contribution < 1.29 is 14.3 Å². The molecule has 6 heteroatoms. The lowest BCUT2D eigenvalue weighted by atomic mass is 9.98. The maximum atomic E-state index is 12.6. The second-order valence-corrected chi connectivity index (χ2v) is 7.02. The highest BCUT2D eigenvalue weighted by Crippen LogP contribution is 2.37. The molecule has 0 aliphatic carbocycles. The number of anilines is 2. The standard InChI is InChI=1S/C23H23N3O3/c1-28-21-9-8-16(11-22(21)29-15-19-6-2-3-10-25-19)17-12-23(27)26(14-17)20-7-4-5-18(24)13-20/h2-11,13,17H,12,14-15,24H2,1H3/t17-/m0/s1. The molecule has 0 spiro atoms. The van der Waals surface area contributed by atoms with Crippen molar-refractivity contribution in [2.45, 2.75) is 18.9 Å². The zero-order valence-electron chi connectivity index (χ0n) is 16.2. The van der Waals surface area contributed by atoms with E-state index in [4.69, 9.17) is 15.2 Å². The van der Waals surface area contributed by atoms with E-state index in [1.165, 1.54) is 0 Å². The van der Waals surface area contributed by atoms with Crippen molar-refractivity contribution in [2.24, 2.45) is 0 Å². The van der Waals surface area contributed by atoms with Crippen molar-refractivity contribution >= 4 is 17.3 Å². The average Bonchev–Trinajstić information content (AvgIpc) is 3.14. The molecule has 0 saturated carbocycles. The number of nitrogens with zero attached hydrogens (tertiary/aromatic N) is 2. The molecular weight excluding hydrogens is 366 g/mol. The third-order valence-electron chi connectivity index (χ3n) is 5.07. The van der Waals surface area contributed by atoms with Gasteiger partial charge in [-0.2, -0.15) is 0 Å². The van der Waals surface area contributed by atoms with Gasteiger partial charge in [-0.1, -0.05) is 18.2 Å². The molecule has 2 heterocycles. The smallest absolute Gasteiger partial charge is 0.227 e. The Bertz CT molecular complexity index is 1010. The average molecular weight is 389 g/mol. The molecule has 0 unspecified atom stereocenters. The number of nitrogens with two attached hydrogens (primary N) is 1. The Balaban J connectivity index is 1.53. The van der Waals surface area contributed by atoms with E-state index in [0.29, 0.717) is 36.8 Å². The normalized spacial score (nSPS) is 16.1. The maximum Gasteiger partial charge on any atom is 0.227 e. The molecule has 3 aromatic rings. The summed E-state index contributed by atoms with van der Waals surface area (Å²) in [6.07, 6.45) is 2.18. The SMILES string of the molecule is COc1ccc([C@H]2CC(=O)N(c3cccc(N)c3)C2)cc1OCc1ccccn1. The Hall–Kier alpha value is -3.54. The first-order valence-electron chi connectivity index (χ1n) is 9.50. The van der Waals surface area contributed by atoms with E-state index in [0.717, 1.165) is 16.9 Å². The fourth-order valence-electron chi connectivity index (χ4n) is 3.57. The van der Waals surface area contributed by atoms with Crippen LogP contribution in [-0.2, 0) is 11.4 Å². The van der Waals surface area contributed by atoms with Crippen molar-refractivity contribution in [1.29, 1.82) is 0 Å². The van der Waals surface area contributed by atoms with Gasteiger partial charge in [0.25, 0.3) is 0 Å². The lowest BCUT2D eigenvalue weighted by Gasteiger charge is -2.18. The predicted octanol–water partition coefficient (Wildman–Crippen LogP) is 3.77. The summed E-state index contributed by atoms with van der Waals surface area (Å²) in [5, 5.41) is 0. The summed E-state index contributed by atoms with van der Waals surface area (Å²) < 4.78 is 11.4. The molecule has 29 heavy (non-hydrogen) atoms. The van der Waals surface area contributed by atoms with Crippen LogP contribution in [0, 0.1) is 0 Å². The van der Waals surface area contributed by atoms with Gasteiger partial charge in [0.2, 0.25) is 5.91 Å². The van der Waals surface area contributed by atoms with Crippen LogP contribution in [0.1, 0.15) is 23.6 Å². The van der Waals surface area contributed by atoms with E-state index in [1.54, 1.807) is 18.2 Å². The molecular formula is C23H23N3O3. The summed E-state index contributed by atoms with van der Waals surface area (Å²) in [4.78, 5) is 18.7. The van der Waals surface area contributed by atoms with Gasteiger partial charge in [0, 0.05) is 36.5 Å². The quantitative estimate of drug-likeness (QED) is 0.650. The summed E-state index contributed by atoms with van der Waals surface area (Å²) in [7, 11) is 1.61. The molecule has 1 aromatic heterocycles. The molecule has 1 atom stereocenters. The van der Waals surface area contributed by atoms with Crippen molar-refractivity contribution in [3.63, 3.8) is 0 Å². The molecule has 2 aromatic carbocycles. The number of amides is 1. The first kappa shape index (κ1) is 18.8. The van der Waals surface area contributed by atoms with Crippen molar-refractivity contribution in [3.05, 3.63) is 78.1 Å². The topological polar surface area (TPSA) is 77.7 Å². The molecule has 1 aliphatic heterocycles. The number of hydrogen-bond donors (Lipinski definition) is 1. The van der Waals surface area contributed by atoms with Crippen LogP contribution in [0.3, 0.4) is 0 Å². The molecule has 0 bridgehead atoms. The number of carbonyl (C=O) groups excluding carboxylic acids is 1. The maximum absolute atomic E-state index is 12.6. The number of rotatable bonds is 6. The molecule has 1 saturated heterocycles. The van der Waals surface area contributed by atoms with Gasteiger partial charge in [0.05, 0.1) is 12.8 Å². The monoisotopic (exact) mass is 389 g/mol. The Labute approximate surface area is 169 Å². The van der Waals surface area contributed by atoms with E-state index in [-0.39, 0.29) is 11.8 Å². The van der Waals surface area contributed by atoms with Gasteiger partial charge in [-0.25, -0.2) is 0 Å². The number of carbonyl (C=O) groups is 1. The number of nitrogen functional groups attached to an aromatic ring is 1. The lowest BCUT2D eigenvalue weighted by Crippen LogP contribution is -2.24. The van der Waals surface area contributed by atoms with Gasteiger partial charge >= 0.3 is 0 Å². The molecule has 1 fully saturated rings. The van der Waals surface area contributed by atoms with Crippen molar-refractivity contribution in [3.8, 4) is 11.5 Å². The molecule has 0 radical (unpaired) electrons. The van der Waals surface area contributed by atoms with Crippen LogP contribution < -0.4 is 20.1 Å². The largest absolute Gasteiger partial charge is 0.493 e. The van der Waals surface area contributed by atoms with E-state index < -0.39 is 0 Å². The highest BCUT2D eigenvalue weighted by Gasteiger charge is 2.32. The Kier molecular flexibility index (Phi) is 5.33. The van der Waals surface area contributed by atoms with Gasteiger partial charge in [-0.3, -0.25) is 9.78 Å². The van der Waals surface area contributed by atoms with E-state index in [9.17, 15) is 4.79 Å². The Morgan fingerprint density at radius 3 is 2.76 bits per heavy atom. The molecule has 1 amide bonds. The fraction of sp³-hybridized carbons (Fsp3) is 0.217. The first-order valence-corrected chi connectivity index (χ1v) is 9.50. The third-order valence-corrected chi connectivity index (χ3v) is 5.07. The Morgan fingerprint density at radius 1 is 1.10 bits per heavy atom. The van der Waals surface area contributed by atoms with Crippen LogP contribution in [0.25, 0.3) is 0 Å². The molecule has 1 aliphatic rings. The number of methoxy groups -OCH3 is 1. The summed E-state index contributed by atoms with van der Waals surface area (Å²) >= 11 is 0. The van der Waals surface area contributed by atoms with Crippen LogP contribution in [-0.4, -0.2) is 24.5 Å². The van der Waals surface area contributed by atoms with Crippen LogP contribution in [0.15, 0.2) is 66.9 Å². The predicted molar refractivity (Wildman–Crippen MR) is 112 cm³/mol. The van der Waals surface area contributed by atoms with Gasteiger partial charge in [-0.15, -0.1) is 0 Å². The molecule has 4 rings (SSSR count). The first-order chi connectivity index (χ1) is 14.1. The summed E-state index contributed by atoms with van der Waals surface area (Å²) in [6, 6.07) is 19.0. The van der Waals surface area contributed by atoms with Crippen LogP contribution >= 0.6 is 0 Å². The van der Waals surface area contributed by atoms with Crippen molar-refractivity contribution in [2.75, 3.05) is 24.3 Å². The van der Waals surface area contributed by atoms with Gasteiger partial charge in [0.15, 0.2) is 11.5 Å². The van der Waals surface area contributed by atoms with Crippen molar-refractivity contribution in [1.82, 2.24) is 4.98 Å². The summed E-state index contributed by atoms with van der Waals surface area (Å²) in [5.74, 6) is 1.46. The van der Waals surface area contributed by atoms with Crippen LogP contribution in [0.5, 0.6) is 11.5 Å². The number of hydrogen-bond acceptors (Lipinski definition) is 5. The Morgan fingerprint density at radius 2 is 2.00 bits per heavy atom. The van der Waals surface area contributed by atoms with Crippen LogP contribution in [0.2, 0.25) is 0 Å².